The number of benzene rings is 1. The summed E-state index contributed by atoms with van der Waals surface area (Å²) in [5.74, 6) is 2.15. The predicted octanol–water partition coefficient (Wildman–Crippen LogP) is 3.95. The molecule has 0 aliphatic heterocycles. The summed E-state index contributed by atoms with van der Waals surface area (Å²) in [5, 5.41) is 11.9. The van der Waals surface area contributed by atoms with Gasteiger partial charge in [0.2, 0.25) is 5.91 Å². The van der Waals surface area contributed by atoms with E-state index < -0.39 is 0 Å². The molecule has 3 aromatic rings. The minimum absolute atomic E-state index is 0.137. The van der Waals surface area contributed by atoms with Crippen LogP contribution in [-0.2, 0) is 18.3 Å². The van der Waals surface area contributed by atoms with Crippen LogP contribution < -0.4 is 10.1 Å². The molecule has 1 aromatic carbocycles. The number of aromatic nitrogens is 4. The highest BCUT2D eigenvalue weighted by atomic mass is 32.2. The zero-order chi connectivity index (χ0) is 20.8. The van der Waals surface area contributed by atoms with Gasteiger partial charge < -0.3 is 14.6 Å². The number of nitrogens with zero attached hydrogens (tertiary/aromatic N) is 4. The summed E-state index contributed by atoms with van der Waals surface area (Å²) in [7, 11) is 1.87. The van der Waals surface area contributed by atoms with E-state index >= 15 is 0 Å². The average Bonchev–Trinajstić information content (AvgIpc) is 3.09. The smallest absolute Gasteiger partial charge is 0.236 e. The van der Waals surface area contributed by atoms with Crippen LogP contribution in [0.4, 0.5) is 5.82 Å². The molecule has 0 saturated heterocycles. The fraction of sp³-hybridized carbons (Fsp3) is 0.333. The van der Waals surface area contributed by atoms with Crippen LogP contribution in [0.5, 0.6) is 5.75 Å². The molecule has 29 heavy (non-hydrogen) atoms. The molecule has 152 valence electrons. The van der Waals surface area contributed by atoms with Gasteiger partial charge in [0.1, 0.15) is 11.6 Å². The molecule has 0 aliphatic carbocycles. The number of thioether (sulfide) groups is 1. The molecule has 3 rings (SSSR count). The van der Waals surface area contributed by atoms with Gasteiger partial charge in [-0.2, -0.15) is 0 Å². The number of rotatable bonds is 8. The van der Waals surface area contributed by atoms with Crippen molar-refractivity contribution in [1.29, 1.82) is 0 Å². The minimum Gasteiger partial charge on any atom is -0.483 e. The maximum atomic E-state index is 12.2. The third-order valence-electron chi connectivity index (χ3n) is 4.48. The highest BCUT2D eigenvalue weighted by molar-refractivity contribution is 7.99. The predicted molar refractivity (Wildman–Crippen MR) is 114 cm³/mol. The number of anilines is 1. The summed E-state index contributed by atoms with van der Waals surface area (Å²) in [5.41, 5.74) is 2.19. The Hall–Kier alpha value is -2.87. The number of hydrogen-bond donors (Lipinski definition) is 1. The van der Waals surface area contributed by atoms with Crippen molar-refractivity contribution >= 4 is 23.5 Å². The summed E-state index contributed by atoms with van der Waals surface area (Å²) in [6.45, 7) is 5.96. The lowest BCUT2D eigenvalue weighted by molar-refractivity contribution is -0.113. The van der Waals surface area contributed by atoms with Gasteiger partial charge in [-0.1, -0.05) is 36.9 Å². The van der Waals surface area contributed by atoms with E-state index in [1.807, 2.05) is 49.7 Å². The Morgan fingerprint density at radius 3 is 2.69 bits per heavy atom. The normalized spacial score (nSPS) is 11.9. The van der Waals surface area contributed by atoms with E-state index in [4.69, 9.17) is 4.74 Å². The zero-order valence-corrected chi connectivity index (χ0v) is 17.9. The summed E-state index contributed by atoms with van der Waals surface area (Å²) >= 11 is 1.32. The fourth-order valence-corrected chi connectivity index (χ4v) is 3.50. The molecular formula is C21H25N5O2S. The number of amides is 1. The molecule has 1 N–H and O–H groups in total. The first kappa shape index (κ1) is 20.9. The van der Waals surface area contributed by atoms with Crippen molar-refractivity contribution in [2.45, 2.75) is 38.5 Å². The lowest BCUT2D eigenvalue weighted by Crippen LogP contribution is -2.16. The molecule has 0 bridgehead atoms. The van der Waals surface area contributed by atoms with Crippen molar-refractivity contribution in [3.05, 3.63) is 59.5 Å². The van der Waals surface area contributed by atoms with E-state index in [0.29, 0.717) is 16.8 Å². The third kappa shape index (κ3) is 5.35. The second kappa shape index (κ2) is 9.56. The van der Waals surface area contributed by atoms with Crippen molar-refractivity contribution in [2.24, 2.45) is 7.05 Å². The van der Waals surface area contributed by atoms with E-state index in [9.17, 15) is 4.79 Å². The Labute approximate surface area is 174 Å². The van der Waals surface area contributed by atoms with E-state index in [1.165, 1.54) is 17.3 Å². The second-order valence-corrected chi connectivity index (χ2v) is 7.61. The van der Waals surface area contributed by atoms with Crippen LogP contribution >= 0.6 is 11.8 Å². The van der Waals surface area contributed by atoms with E-state index in [-0.39, 0.29) is 17.8 Å². The van der Waals surface area contributed by atoms with Gasteiger partial charge in [-0.3, -0.25) is 4.79 Å². The molecule has 0 unspecified atom stereocenters. The molecule has 0 fully saturated rings. The van der Waals surface area contributed by atoms with Gasteiger partial charge in [0.25, 0.3) is 0 Å². The maximum absolute atomic E-state index is 12.2. The number of hydrogen-bond acceptors (Lipinski definition) is 6. The molecule has 2 heterocycles. The Morgan fingerprint density at radius 1 is 1.24 bits per heavy atom. The molecule has 1 amide bonds. The van der Waals surface area contributed by atoms with Gasteiger partial charge in [0.15, 0.2) is 17.1 Å². The topological polar surface area (TPSA) is 81.9 Å². The molecule has 7 nitrogen and oxygen atoms in total. The van der Waals surface area contributed by atoms with Gasteiger partial charge in [0.05, 0.1) is 5.75 Å². The fourth-order valence-electron chi connectivity index (χ4n) is 2.78. The van der Waals surface area contributed by atoms with Crippen molar-refractivity contribution in [2.75, 3.05) is 11.1 Å². The minimum atomic E-state index is -0.265. The lowest BCUT2D eigenvalue weighted by atomic mass is 10.2. The molecule has 0 saturated carbocycles. The van der Waals surface area contributed by atoms with Crippen LogP contribution in [0.1, 0.15) is 36.9 Å². The molecule has 8 heteroatoms. The molecule has 1 atom stereocenters. The molecule has 0 spiro atoms. The number of ether oxygens (including phenoxy) is 1. The highest BCUT2D eigenvalue weighted by Crippen LogP contribution is 2.24. The molecular weight excluding hydrogens is 386 g/mol. The standard InChI is InChI=1S/C21H25N5O2S/c1-5-16-8-10-17(11-9-16)28-15(3)20-24-25-21(26(20)4)29-13-18(27)23-19-14(2)7-6-12-22-19/h6-12,15H,5,13H2,1-4H3,(H,22,23,27)/t15-/m1/s1. The van der Waals surface area contributed by atoms with E-state index in [2.05, 4.69) is 39.6 Å². The average molecular weight is 412 g/mol. The number of aryl methyl sites for hydroxylation is 2. The Kier molecular flexibility index (Phi) is 6.87. The molecule has 0 radical (unpaired) electrons. The number of carbonyl (C=O) groups excluding carboxylic acids is 1. The Morgan fingerprint density at radius 2 is 2.00 bits per heavy atom. The van der Waals surface area contributed by atoms with Crippen LogP contribution in [0, 0.1) is 6.92 Å². The second-order valence-electron chi connectivity index (χ2n) is 6.66. The van der Waals surface area contributed by atoms with E-state index in [1.54, 1.807) is 6.20 Å². The van der Waals surface area contributed by atoms with Gasteiger partial charge in [-0.05, 0) is 49.6 Å². The van der Waals surface area contributed by atoms with Crippen LogP contribution in [0.3, 0.4) is 0 Å². The van der Waals surface area contributed by atoms with Gasteiger partial charge >= 0.3 is 0 Å². The quantitative estimate of drug-likeness (QED) is 0.565. The highest BCUT2D eigenvalue weighted by Gasteiger charge is 2.18. The van der Waals surface area contributed by atoms with E-state index in [0.717, 1.165) is 17.7 Å². The lowest BCUT2D eigenvalue weighted by Gasteiger charge is -2.14. The Bertz CT molecular complexity index is 971. The largest absolute Gasteiger partial charge is 0.483 e. The summed E-state index contributed by atoms with van der Waals surface area (Å²) in [6.07, 6.45) is 2.38. The molecule has 0 aliphatic rings. The molecule has 2 aromatic heterocycles. The number of pyridine rings is 1. The SMILES string of the molecule is CCc1ccc(O[C@H](C)c2nnc(SCC(=O)Nc3ncccc3C)n2C)cc1. The first-order valence-electron chi connectivity index (χ1n) is 9.47. The number of carbonyl (C=O) groups is 1. The van der Waals surface area contributed by atoms with Crippen LogP contribution in [0.15, 0.2) is 47.8 Å². The maximum Gasteiger partial charge on any atom is 0.236 e. The summed E-state index contributed by atoms with van der Waals surface area (Å²) in [4.78, 5) is 16.4. The van der Waals surface area contributed by atoms with Crippen LogP contribution in [-0.4, -0.2) is 31.4 Å². The van der Waals surface area contributed by atoms with Crippen molar-refractivity contribution in [1.82, 2.24) is 19.7 Å². The van der Waals surface area contributed by atoms with Crippen molar-refractivity contribution in [3.8, 4) is 5.75 Å². The van der Waals surface area contributed by atoms with Gasteiger partial charge in [0, 0.05) is 13.2 Å². The first-order chi connectivity index (χ1) is 14.0. The number of nitrogens with one attached hydrogen (secondary N) is 1. The van der Waals surface area contributed by atoms with Crippen LogP contribution in [0.25, 0.3) is 0 Å². The van der Waals surface area contributed by atoms with Gasteiger partial charge in [-0.25, -0.2) is 4.98 Å². The third-order valence-corrected chi connectivity index (χ3v) is 5.50. The van der Waals surface area contributed by atoms with Crippen molar-refractivity contribution < 1.29 is 9.53 Å². The van der Waals surface area contributed by atoms with Crippen LogP contribution in [0.2, 0.25) is 0 Å². The monoisotopic (exact) mass is 411 g/mol. The van der Waals surface area contributed by atoms with Crippen molar-refractivity contribution in [3.63, 3.8) is 0 Å². The first-order valence-corrected chi connectivity index (χ1v) is 10.5. The summed E-state index contributed by atoms with van der Waals surface area (Å²) < 4.78 is 7.85. The summed E-state index contributed by atoms with van der Waals surface area (Å²) in [6, 6.07) is 11.8. The Balaban J connectivity index is 1.58. The van der Waals surface area contributed by atoms with Gasteiger partial charge in [-0.15, -0.1) is 10.2 Å². The zero-order valence-electron chi connectivity index (χ0n) is 17.0.